The molecule has 0 fully saturated rings. The Morgan fingerprint density at radius 1 is 0.233 bits per heavy atom. The Morgan fingerprint density at radius 2 is 0.581 bits per heavy atom. The zero-order valence-corrected chi connectivity index (χ0v) is 23.8. The zero-order valence-electron chi connectivity index (χ0n) is 23.8. The topological polar surface area (TPSA) is 3.24 Å². The molecule has 0 atom stereocenters. The fourth-order valence-electron chi connectivity index (χ4n) is 5.71. The van der Waals surface area contributed by atoms with Crippen molar-refractivity contribution < 1.29 is 0 Å². The van der Waals surface area contributed by atoms with E-state index in [0.717, 1.165) is 17.1 Å². The third-order valence-electron chi connectivity index (χ3n) is 7.90. The molecule has 0 amide bonds. The molecule has 0 heterocycles. The normalized spacial score (nSPS) is 10.8. The number of hydrogen-bond acceptors (Lipinski definition) is 1. The number of hydrogen-bond donors (Lipinski definition) is 0. The Balaban J connectivity index is 1.25. The molecule has 0 saturated heterocycles. The maximum Gasteiger partial charge on any atom is 0.0462 e. The van der Waals surface area contributed by atoms with E-state index in [1.165, 1.54) is 44.5 Å². The van der Waals surface area contributed by atoms with Crippen molar-refractivity contribution in [3.05, 3.63) is 188 Å². The number of para-hydroxylation sites is 1. The van der Waals surface area contributed by atoms with Crippen molar-refractivity contribution in [3.63, 3.8) is 0 Å². The van der Waals surface area contributed by atoms with Gasteiger partial charge < -0.3 is 4.90 Å². The molecule has 7 aromatic carbocycles. The van der Waals surface area contributed by atoms with Crippen molar-refractivity contribution in [3.8, 4) is 44.5 Å². The highest BCUT2D eigenvalue weighted by Crippen LogP contribution is 2.39. The summed E-state index contributed by atoms with van der Waals surface area (Å²) in [6, 6.07) is 66.9. The lowest BCUT2D eigenvalue weighted by molar-refractivity contribution is 1.28. The number of rotatable bonds is 7. The van der Waals surface area contributed by atoms with Gasteiger partial charge in [0.1, 0.15) is 0 Å². The van der Waals surface area contributed by atoms with Crippen LogP contribution in [0.1, 0.15) is 0 Å². The molecule has 1 heteroatoms. The summed E-state index contributed by atoms with van der Waals surface area (Å²) in [5.41, 5.74) is 13.1. The molecular weight excluding hydrogens is 518 g/mol. The maximum absolute atomic E-state index is 2.32. The Bertz CT molecular complexity index is 1910. The highest BCUT2D eigenvalue weighted by Gasteiger charge is 2.14. The van der Waals surface area contributed by atoms with Gasteiger partial charge >= 0.3 is 0 Å². The van der Waals surface area contributed by atoms with Gasteiger partial charge in [-0.2, -0.15) is 0 Å². The van der Waals surface area contributed by atoms with Crippen LogP contribution in [0, 0.1) is 0 Å². The van der Waals surface area contributed by atoms with Gasteiger partial charge in [0.25, 0.3) is 0 Å². The standard InChI is InChI=1S/C42H31N/c1-5-13-32(14-6-1)33-21-26-39(27-22-33)43(38-19-11-4-12-20-38)40-28-23-34(24-29-40)37-25-30-41(35-15-7-2-8-16-35)42(31-37)36-17-9-3-10-18-36/h1-31H. The molecule has 0 aliphatic carbocycles. The molecule has 0 aromatic heterocycles. The molecule has 7 rings (SSSR count). The third kappa shape index (κ3) is 5.62. The Labute approximate surface area is 254 Å². The molecule has 0 aliphatic rings. The van der Waals surface area contributed by atoms with Gasteiger partial charge in [0.15, 0.2) is 0 Å². The first kappa shape index (κ1) is 26.3. The van der Waals surface area contributed by atoms with E-state index in [0.29, 0.717) is 0 Å². The zero-order chi connectivity index (χ0) is 28.8. The van der Waals surface area contributed by atoms with Crippen LogP contribution in [-0.4, -0.2) is 0 Å². The summed E-state index contributed by atoms with van der Waals surface area (Å²) in [5, 5.41) is 0. The van der Waals surface area contributed by atoms with Crippen molar-refractivity contribution in [2.45, 2.75) is 0 Å². The molecule has 0 unspecified atom stereocenters. The Kier molecular flexibility index (Phi) is 7.36. The van der Waals surface area contributed by atoms with Crippen molar-refractivity contribution in [2.75, 3.05) is 4.90 Å². The molecule has 43 heavy (non-hydrogen) atoms. The summed E-state index contributed by atoms with van der Waals surface area (Å²) in [4.78, 5) is 2.31. The number of nitrogens with zero attached hydrogens (tertiary/aromatic N) is 1. The first-order chi connectivity index (χ1) is 21.3. The lowest BCUT2D eigenvalue weighted by Crippen LogP contribution is -2.09. The number of anilines is 3. The van der Waals surface area contributed by atoms with E-state index in [9.17, 15) is 0 Å². The molecule has 1 nitrogen and oxygen atoms in total. The summed E-state index contributed by atoms with van der Waals surface area (Å²) in [7, 11) is 0. The predicted octanol–water partition coefficient (Wildman–Crippen LogP) is 11.8. The van der Waals surface area contributed by atoms with Gasteiger partial charge in [-0.3, -0.25) is 0 Å². The first-order valence-electron chi connectivity index (χ1n) is 14.7. The summed E-state index contributed by atoms with van der Waals surface area (Å²) < 4.78 is 0. The smallest absolute Gasteiger partial charge is 0.0462 e. The molecule has 0 aliphatic heterocycles. The SMILES string of the molecule is c1ccc(-c2ccc(N(c3ccccc3)c3ccc(-c4ccc(-c5ccccc5)c(-c5ccccc5)c4)cc3)cc2)cc1. The van der Waals surface area contributed by atoms with Gasteiger partial charge in [-0.15, -0.1) is 0 Å². The summed E-state index contributed by atoms with van der Waals surface area (Å²) in [6.07, 6.45) is 0. The fraction of sp³-hybridized carbons (Fsp3) is 0. The van der Waals surface area contributed by atoms with Crippen molar-refractivity contribution in [1.82, 2.24) is 0 Å². The van der Waals surface area contributed by atoms with E-state index < -0.39 is 0 Å². The van der Waals surface area contributed by atoms with Crippen LogP contribution in [-0.2, 0) is 0 Å². The van der Waals surface area contributed by atoms with Crippen LogP contribution in [0.25, 0.3) is 44.5 Å². The minimum absolute atomic E-state index is 1.12. The minimum Gasteiger partial charge on any atom is -0.311 e. The monoisotopic (exact) mass is 549 g/mol. The van der Waals surface area contributed by atoms with E-state index >= 15 is 0 Å². The first-order valence-corrected chi connectivity index (χ1v) is 14.7. The van der Waals surface area contributed by atoms with Crippen LogP contribution >= 0.6 is 0 Å². The Hall–Kier alpha value is -5.66. The van der Waals surface area contributed by atoms with E-state index in [1.807, 2.05) is 0 Å². The fourth-order valence-corrected chi connectivity index (χ4v) is 5.71. The summed E-state index contributed by atoms with van der Waals surface area (Å²) in [5.74, 6) is 0. The lowest BCUT2D eigenvalue weighted by atomic mass is 9.91. The van der Waals surface area contributed by atoms with Crippen LogP contribution in [0.15, 0.2) is 188 Å². The summed E-state index contributed by atoms with van der Waals surface area (Å²) >= 11 is 0. The van der Waals surface area contributed by atoms with E-state index in [-0.39, 0.29) is 0 Å². The molecule has 7 aromatic rings. The largest absolute Gasteiger partial charge is 0.311 e. The lowest BCUT2D eigenvalue weighted by Gasteiger charge is -2.26. The average Bonchev–Trinajstić information content (AvgIpc) is 3.10. The van der Waals surface area contributed by atoms with Gasteiger partial charge in [-0.1, -0.05) is 146 Å². The highest BCUT2D eigenvalue weighted by atomic mass is 15.1. The molecule has 0 spiro atoms. The molecule has 0 radical (unpaired) electrons. The van der Waals surface area contributed by atoms with Gasteiger partial charge in [0, 0.05) is 17.1 Å². The van der Waals surface area contributed by atoms with E-state index in [1.54, 1.807) is 0 Å². The van der Waals surface area contributed by atoms with Gasteiger partial charge in [-0.25, -0.2) is 0 Å². The van der Waals surface area contributed by atoms with Crippen molar-refractivity contribution in [1.29, 1.82) is 0 Å². The van der Waals surface area contributed by atoms with Gasteiger partial charge in [0.05, 0.1) is 0 Å². The second kappa shape index (κ2) is 12.1. The van der Waals surface area contributed by atoms with E-state index in [2.05, 4.69) is 193 Å². The van der Waals surface area contributed by atoms with Gasteiger partial charge in [0.2, 0.25) is 0 Å². The van der Waals surface area contributed by atoms with Crippen molar-refractivity contribution in [2.24, 2.45) is 0 Å². The molecule has 0 bridgehead atoms. The Morgan fingerprint density at radius 3 is 1.09 bits per heavy atom. The number of benzene rings is 7. The van der Waals surface area contributed by atoms with Crippen LogP contribution < -0.4 is 4.90 Å². The van der Waals surface area contributed by atoms with E-state index in [4.69, 9.17) is 0 Å². The molecule has 204 valence electrons. The molecule has 0 saturated carbocycles. The second-order valence-corrected chi connectivity index (χ2v) is 10.6. The van der Waals surface area contributed by atoms with Crippen molar-refractivity contribution >= 4 is 17.1 Å². The minimum atomic E-state index is 1.12. The van der Waals surface area contributed by atoms with Crippen LogP contribution in [0.4, 0.5) is 17.1 Å². The third-order valence-corrected chi connectivity index (χ3v) is 7.90. The molecular formula is C42H31N. The highest BCUT2D eigenvalue weighted by molar-refractivity contribution is 5.87. The van der Waals surface area contributed by atoms with Crippen LogP contribution in [0.5, 0.6) is 0 Å². The predicted molar refractivity (Wildman–Crippen MR) is 183 cm³/mol. The second-order valence-electron chi connectivity index (χ2n) is 10.6. The average molecular weight is 550 g/mol. The molecule has 0 N–H and O–H groups in total. The van der Waals surface area contributed by atoms with Crippen LogP contribution in [0.2, 0.25) is 0 Å². The quantitative estimate of drug-likeness (QED) is 0.191. The maximum atomic E-state index is 2.32. The van der Waals surface area contributed by atoms with Gasteiger partial charge in [-0.05, 0) is 87.0 Å². The van der Waals surface area contributed by atoms with Crippen LogP contribution in [0.3, 0.4) is 0 Å². The summed E-state index contributed by atoms with van der Waals surface area (Å²) in [6.45, 7) is 0.